The molecule has 2 heterocycles. The molecule has 4 aromatic rings. The maximum Gasteiger partial charge on any atom is 0.313 e. The Kier molecular flexibility index (Phi) is 6.55. The van der Waals surface area contributed by atoms with Gasteiger partial charge in [0.2, 0.25) is 4.96 Å². The number of methoxy groups -OCH3 is 2. The molecule has 2 N–H and O–H groups in total. The fraction of sp³-hybridized carbons (Fsp3) is 0.217. The van der Waals surface area contributed by atoms with E-state index in [1.54, 1.807) is 35.9 Å². The first kappa shape index (κ1) is 22.3. The minimum Gasteiger partial charge on any atom is -0.497 e. The summed E-state index contributed by atoms with van der Waals surface area (Å²) in [5.74, 6) is 0.581. The number of hydrogen-bond acceptors (Lipinski definition) is 7. The molecule has 2 aromatic heterocycles. The summed E-state index contributed by atoms with van der Waals surface area (Å²) in [6.45, 7) is 2.28. The summed E-state index contributed by atoms with van der Waals surface area (Å²) < 4.78 is 12.1. The highest BCUT2D eigenvalue weighted by molar-refractivity contribution is 7.17. The average molecular weight is 466 g/mol. The van der Waals surface area contributed by atoms with Crippen LogP contribution in [0.3, 0.4) is 0 Å². The van der Waals surface area contributed by atoms with Crippen molar-refractivity contribution in [3.05, 3.63) is 59.1 Å². The van der Waals surface area contributed by atoms with Crippen molar-refractivity contribution < 1.29 is 19.1 Å². The zero-order chi connectivity index (χ0) is 23.4. The van der Waals surface area contributed by atoms with Crippen LogP contribution in [0.1, 0.15) is 10.6 Å². The van der Waals surface area contributed by atoms with E-state index in [0.717, 1.165) is 26.8 Å². The first-order chi connectivity index (χ1) is 16.0. The molecule has 33 heavy (non-hydrogen) atoms. The summed E-state index contributed by atoms with van der Waals surface area (Å²) in [5.41, 5.74) is 2.35. The predicted molar refractivity (Wildman–Crippen MR) is 126 cm³/mol. The molecule has 2 aromatic carbocycles. The molecule has 170 valence electrons. The monoisotopic (exact) mass is 465 g/mol. The molecule has 0 saturated heterocycles. The van der Waals surface area contributed by atoms with Gasteiger partial charge in [0, 0.05) is 35.2 Å². The van der Waals surface area contributed by atoms with Crippen LogP contribution in [-0.2, 0) is 16.0 Å². The number of hydrogen-bond donors (Lipinski definition) is 2. The lowest BCUT2D eigenvalue weighted by Gasteiger charge is -2.07. The fourth-order valence-electron chi connectivity index (χ4n) is 3.24. The molecule has 0 fully saturated rings. The molecule has 0 radical (unpaired) electrons. The standard InChI is InChI=1S/C23H23N5O4S/c1-14-19(11-12-24-21(29)22(30)25-16-5-4-6-18(13-16)32-3)33-23-26-20(27-28(14)23)15-7-9-17(31-2)10-8-15/h4-10,13H,11-12H2,1-3H3,(H,24,29)(H,25,30). The minimum atomic E-state index is -0.730. The summed E-state index contributed by atoms with van der Waals surface area (Å²) in [7, 11) is 3.16. The summed E-state index contributed by atoms with van der Waals surface area (Å²) in [6, 6.07) is 14.4. The summed E-state index contributed by atoms with van der Waals surface area (Å²) >= 11 is 1.51. The largest absolute Gasteiger partial charge is 0.497 e. The van der Waals surface area contributed by atoms with Crippen LogP contribution < -0.4 is 20.1 Å². The molecule has 10 heteroatoms. The Bertz CT molecular complexity index is 1300. The maximum absolute atomic E-state index is 12.2. The van der Waals surface area contributed by atoms with Gasteiger partial charge in [-0.2, -0.15) is 4.98 Å². The summed E-state index contributed by atoms with van der Waals surface area (Å²) in [4.78, 5) is 30.7. The number of aryl methyl sites for hydroxylation is 1. The number of amides is 2. The zero-order valence-corrected chi connectivity index (χ0v) is 19.2. The number of thiazole rings is 1. The first-order valence-corrected chi connectivity index (χ1v) is 11.0. The molecule has 0 saturated carbocycles. The topological polar surface area (TPSA) is 107 Å². The van der Waals surface area contributed by atoms with Crippen molar-refractivity contribution in [3.8, 4) is 22.9 Å². The van der Waals surface area contributed by atoms with Gasteiger partial charge in [0.05, 0.1) is 19.9 Å². The van der Waals surface area contributed by atoms with Crippen molar-refractivity contribution in [2.24, 2.45) is 0 Å². The highest BCUT2D eigenvalue weighted by Crippen LogP contribution is 2.26. The van der Waals surface area contributed by atoms with Crippen molar-refractivity contribution >= 4 is 33.8 Å². The number of rotatable bonds is 7. The van der Waals surface area contributed by atoms with Crippen molar-refractivity contribution in [2.75, 3.05) is 26.1 Å². The summed E-state index contributed by atoms with van der Waals surface area (Å²) in [6.07, 6.45) is 0.567. The van der Waals surface area contributed by atoms with Crippen molar-refractivity contribution in [1.29, 1.82) is 0 Å². The van der Waals surface area contributed by atoms with Gasteiger partial charge in [0.25, 0.3) is 0 Å². The molecule has 0 atom stereocenters. The van der Waals surface area contributed by atoms with Gasteiger partial charge >= 0.3 is 11.8 Å². The first-order valence-electron chi connectivity index (χ1n) is 10.2. The molecule has 0 unspecified atom stereocenters. The number of fused-ring (bicyclic) bond motifs is 1. The Morgan fingerprint density at radius 2 is 1.79 bits per heavy atom. The van der Waals surface area contributed by atoms with Crippen molar-refractivity contribution in [3.63, 3.8) is 0 Å². The molecule has 9 nitrogen and oxygen atoms in total. The van der Waals surface area contributed by atoms with Crippen molar-refractivity contribution in [1.82, 2.24) is 19.9 Å². The van der Waals surface area contributed by atoms with Gasteiger partial charge < -0.3 is 20.1 Å². The molecular weight excluding hydrogens is 442 g/mol. The second kappa shape index (κ2) is 9.70. The molecule has 0 bridgehead atoms. The molecule has 2 amide bonds. The molecule has 0 aliphatic rings. The quantitative estimate of drug-likeness (QED) is 0.406. The Morgan fingerprint density at radius 1 is 1.03 bits per heavy atom. The number of nitrogens with zero attached hydrogens (tertiary/aromatic N) is 3. The molecular formula is C23H23N5O4S. The predicted octanol–water partition coefficient (Wildman–Crippen LogP) is 3.08. The van der Waals surface area contributed by atoms with Crippen molar-refractivity contribution in [2.45, 2.75) is 13.3 Å². The number of benzene rings is 2. The average Bonchev–Trinajstić information content (AvgIpc) is 3.38. The van der Waals surface area contributed by atoms with E-state index in [9.17, 15) is 9.59 Å². The number of nitrogens with one attached hydrogen (secondary N) is 2. The van der Waals surface area contributed by atoms with Gasteiger partial charge in [-0.05, 0) is 43.3 Å². The smallest absolute Gasteiger partial charge is 0.313 e. The van der Waals surface area contributed by atoms with E-state index in [4.69, 9.17) is 9.47 Å². The van der Waals surface area contributed by atoms with Crippen LogP contribution in [-0.4, -0.2) is 47.2 Å². The lowest BCUT2D eigenvalue weighted by Crippen LogP contribution is -2.36. The Balaban J connectivity index is 1.35. The number of ether oxygens (including phenoxy) is 2. The second-order valence-corrected chi connectivity index (χ2v) is 8.22. The third-order valence-electron chi connectivity index (χ3n) is 5.03. The van der Waals surface area contributed by atoms with Gasteiger partial charge in [0.15, 0.2) is 5.82 Å². The van der Waals surface area contributed by atoms with Gasteiger partial charge in [0.1, 0.15) is 11.5 Å². The van der Waals surface area contributed by atoms with E-state index >= 15 is 0 Å². The van der Waals surface area contributed by atoms with E-state index in [0.29, 0.717) is 30.2 Å². The van der Waals surface area contributed by atoms with E-state index in [-0.39, 0.29) is 0 Å². The molecule has 0 spiro atoms. The highest BCUT2D eigenvalue weighted by Gasteiger charge is 2.17. The van der Waals surface area contributed by atoms with Gasteiger partial charge in [-0.15, -0.1) is 5.10 Å². The fourth-order valence-corrected chi connectivity index (χ4v) is 4.29. The third-order valence-corrected chi connectivity index (χ3v) is 6.23. The van der Waals surface area contributed by atoms with E-state index in [2.05, 4.69) is 20.7 Å². The minimum absolute atomic E-state index is 0.320. The Labute approximate surface area is 194 Å². The molecule has 4 rings (SSSR count). The lowest BCUT2D eigenvalue weighted by molar-refractivity contribution is -0.136. The van der Waals surface area contributed by atoms with Crippen LogP contribution in [0, 0.1) is 6.92 Å². The van der Waals surface area contributed by atoms with Crippen LogP contribution in [0.15, 0.2) is 48.5 Å². The summed E-state index contributed by atoms with van der Waals surface area (Å²) in [5, 5.41) is 9.82. The second-order valence-electron chi connectivity index (χ2n) is 7.16. The van der Waals surface area contributed by atoms with Gasteiger partial charge in [-0.1, -0.05) is 17.4 Å². The van der Waals surface area contributed by atoms with Crippen LogP contribution in [0.25, 0.3) is 16.3 Å². The SMILES string of the molecule is COc1ccc(-c2nc3sc(CCNC(=O)C(=O)Nc4cccc(OC)c4)c(C)n3n2)cc1. The van der Waals surface area contributed by atoms with Crippen LogP contribution >= 0.6 is 11.3 Å². The maximum atomic E-state index is 12.2. The Hall–Kier alpha value is -3.92. The number of carbonyl (C=O) groups excluding carboxylic acids is 2. The van der Waals surface area contributed by atoms with Gasteiger partial charge in [-0.25, -0.2) is 4.52 Å². The number of aromatic nitrogens is 3. The molecule has 0 aliphatic heterocycles. The van der Waals surface area contributed by atoms with E-state index in [1.165, 1.54) is 18.4 Å². The number of carbonyl (C=O) groups is 2. The van der Waals surface area contributed by atoms with E-state index in [1.807, 2.05) is 31.2 Å². The molecule has 0 aliphatic carbocycles. The van der Waals surface area contributed by atoms with Crippen LogP contribution in [0.5, 0.6) is 11.5 Å². The zero-order valence-electron chi connectivity index (χ0n) is 18.4. The third kappa shape index (κ3) is 4.96. The van der Waals surface area contributed by atoms with Crippen LogP contribution in [0.4, 0.5) is 5.69 Å². The van der Waals surface area contributed by atoms with Crippen LogP contribution in [0.2, 0.25) is 0 Å². The van der Waals surface area contributed by atoms with Gasteiger partial charge in [-0.3, -0.25) is 9.59 Å². The van der Waals surface area contributed by atoms with E-state index < -0.39 is 11.8 Å². The Morgan fingerprint density at radius 3 is 2.48 bits per heavy atom. The normalized spacial score (nSPS) is 10.8. The lowest BCUT2D eigenvalue weighted by atomic mass is 10.2. The highest BCUT2D eigenvalue weighted by atomic mass is 32.1. The number of anilines is 1.